The van der Waals surface area contributed by atoms with Crippen LogP contribution in [-0.2, 0) is 11.3 Å². The van der Waals surface area contributed by atoms with Gasteiger partial charge in [-0.05, 0) is 24.6 Å². The zero-order valence-electron chi connectivity index (χ0n) is 13.3. The predicted molar refractivity (Wildman–Crippen MR) is 88.6 cm³/mol. The summed E-state index contributed by atoms with van der Waals surface area (Å²) in [6, 6.07) is 15.2. The fraction of sp³-hybridized carbons (Fsp3) is 0.278. The minimum Gasteiger partial charge on any atom is -0.454 e. The lowest BCUT2D eigenvalue weighted by Gasteiger charge is -2.23. The zero-order chi connectivity index (χ0) is 16.2. The van der Waals surface area contributed by atoms with Crippen LogP contribution in [0, 0.1) is 0 Å². The normalized spacial score (nSPS) is 13.5. The molecule has 1 aliphatic heterocycles. The molecule has 23 heavy (non-hydrogen) atoms. The van der Waals surface area contributed by atoms with Crippen LogP contribution >= 0.6 is 0 Å². The van der Waals surface area contributed by atoms with Gasteiger partial charge in [0.1, 0.15) is 6.04 Å². The fourth-order valence-electron chi connectivity index (χ4n) is 2.56. The molecule has 0 spiro atoms. The highest BCUT2D eigenvalue weighted by atomic mass is 16.7. The number of carbonyl (C=O) groups is 1. The van der Waals surface area contributed by atoms with Crippen LogP contribution in [-0.4, -0.2) is 30.7 Å². The van der Waals surface area contributed by atoms with Crippen molar-refractivity contribution in [1.82, 2.24) is 4.90 Å². The first-order valence-electron chi connectivity index (χ1n) is 7.58. The quantitative estimate of drug-likeness (QED) is 0.922. The molecule has 0 saturated carbocycles. The van der Waals surface area contributed by atoms with Crippen molar-refractivity contribution in [2.45, 2.75) is 19.5 Å². The number of rotatable bonds is 5. The van der Waals surface area contributed by atoms with Gasteiger partial charge in [-0.2, -0.15) is 0 Å². The second-order valence-corrected chi connectivity index (χ2v) is 5.61. The van der Waals surface area contributed by atoms with Crippen molar-refractivity contribution in [2.24, 2.45) is 0 Å². The van der Waals surface area contributed by atoms with Gasteiger partial charge in [0.15, 0.2) is 11.5 Å². The van der Waals surface area contributed by atoms with Gasteiger partial charge >= 0.3 is 0 Å². The number of nitrogens with zero attached hydrogens (tertiary/aromatic N) is 1. The van der Waals surface area contributed by atoms with Crippen molar-refractivity contribution >= 4 is 11.6 Å². The number of nitrogens with one attached hydrogen (secondary N) is 1. The monoisotopic (exact) mass is 312 g/mol. The van der Waals surface area contributed by atoms with E-state index in [0.717, 1.165) is 17.0 Å². The lowest BCUT2D eigenvalue weighted by Crippen LogP contribution is -2.38. The zero-order valence-corrected chi connectivity index (χ0v) is 13.3. The summed E-state index contributed by atoms with van der Waals surface area (Å²) >= 11 is 0. The summed E-state index contributed by atoms with van der Waals surface area (Å²) in [6.07, 6.45) is 0. The summed E-state index contributed by atoms with van der Waals surface area (Å²) in [5, 5.41) is 3.21. The van der Waals surface area contributed by atoms with Crippen LogP contribution in [0.1, 0.15) is 12.5 Å². The molecular weight excluding hydrogens is 292 g/mol. The Morgan fingerprint density at radius 1 is 1.17 bits per heavy atom. The van der Waals surface area contributed by atoms with Gasteiger partial charge in [0.25, 0.3) is 0 Å². The molecule has 2 aromatic carbocycles. The summed E-state index contributed by atoms with van der Waals surface area (Å²) in [7, 11) is 1.81. The Kier molecular flexibility index (Phi) is 4.37. The van der Waals surface area contributed by atoms with E-state index in [-0.39, 0.29) is 18.7 Å². The molecule has 1 N–H and O–H groups in total. The summed E-state index contributed by atoms with van der Waals surface area (Å²) in [5.41, 5.74) is 1.95. The van der Waals surface area contributed by atoms with Crippen molar-refractivity contribution in [3.63, 3.8) is 0 Å². The number of fused-ring (bicyclic) bond motifs is 1. The van der Waals surface area contributed by atoms with Crippen LogP contribution in [0.3, 0.4) is 0 Å². The third-order valence-corrected chi connectivity index (χ3v) is 3.76. The van der Waals surface area contributed by atoms with E-state index in [1.165, 1.54) is 0 Å². The number of ether oxygens (including phenoxy) is 2. The molecule has 0 fully saturated rings. The van der Waals surface area contributed by atoms with Crippen molar-refractivity contribution in [3.8, 4) is 11.5 Å². The second kappa shape index (κ2) is 6.60. The molecule has 2 aromatic rings. The summed E-state index contributed by atoms with van der Waals surface area (Å²) < 4.78 is 10.6. The van der Waals surface area contributed by atoms with Gasteiger partial charge in [-0.15, -0.1) is 0 Å². The van der Waals surface area contributed by atoms with Crippen LogP contribution in [0.25, 0.3) is 0 Å². The van der Waals surface area contributed by atoms with E-state index in [2.05, 4.69) is 5.32 Å². The Hall–Kier alpha value is -2.69. The van der Waals surface area contributed by atoms with Crippen LogP contribution in [0.2, 0.25) is 0 Å². The number of carbonyl (C=O) groups excluding carboxylic acids is 1. The number of hydrogen-bond acceptors (Lipinski definition) is 4. The van der Waals surface area contributed by atoms with E-state index in [0.29, 0.717) is 12.3 Å². The molecule has 5 nitrogen and oxygen atoms in total. The number of amides is 1. The van der Waals surface area contributed by atoms with Crippen molar-refractivity contribution in [2.75, 3.05) is 19.2 Å². The van der Waals surface area contributed by atoms with Gasteiger partial charge in [-0.25, -0.2) is 0 Å². The number of anilines is 1. The van der Waals surface area contributed by atoms with E-state index in [1.807, 2.05) is 62.5 Å². The molecule has 5 heteroatoms. The highest BCUT2D eigenvalue weighted by Gasteiger charge is 2.19. The average molecular weight is 312 g/mol. The van der Waals surface area contributed by atoms with Crippen LogP contribution in [0.4, 0.5) is 5.69 Å². The lowest BCUT2D eigenvalue weighted by atomic mass is 10.2. The molecule has 1 unspecified atom stereocenters. The van der Waals surface area contributed by atoms with Crippen molar-refractivity contribution in [1.29, 1.82) is 0 Å². The molecule has 3 rings (SSSR count). The molecule has 0 aromatic heterocycles. The Labute approximate surface area is 135 Å². The average Bonchev–Trinajstić information content (AvgIpc) is 3.02. The molecule has 0 radical (unpaired) electrons. The molecule has 0 saturated heterocycles. The number of hydrogen-bond donors (Lipinski definition) is 1. The molecular formula is C18H20N2O3. The smallest absolute Gasteiger partial charge is 0.244 e. The predicted octanol–water partition coefficient (Wildman–Crippen LogP) is 2.87. The highest BCUT2D eigenvalue weighted by molar-refractivity contribution is 5.84. The number of likely N-dealkylation sites (N-methyl/N-ethyl adjacent to an activating group) is 1. The summed E-state index contributed by atoms with van der Waals surface area (Å²) in [4.78, 5) is 14.2. The molecule has 1 atom stereocenters. The Balaban J connectivity index is 1.61. The Morgan fingerprint density at radius 3 is 2.70 bits per heavy atom. The molecule has 1 amide bonds. The van der Waals surface area contributed by atoms with Gasteiger partial charge in [-0.1, -0.05) is 30.3 Å². The van der Waals surface area contributed by atoms with Crippen LogP contribution < -0.4 is 14.8 Å². The minimum atomic E-state index is -0.330. The van der Waals surface area contributed by atoms with Gasteiger partial charge in [0.05, 0.1) is 0 Å². The summed E-state index contributed by atoms with van der Waals surface area (Å²) in [5.74, 6) is 1.47. The van der Waals surface area contributed by atoms with E-state index >= 15 is 0 Å². The molecule has 1 heterocycles. The van der Waals surface area contributed by atoms with E-state index in [4.69, 9.17) is 9.47 Å². The van der Waals surface area contributed by atoms with Gasteiger partial charge in [0.2, 0.25) is 12.7 Å². The molecule has 1 aliphatic rings. The Morgan fingerprint density at radius 2 is 1.91 bits per heavy atom. The molecule has 120 valence electrons. The topological polar surface area (TPSA) is 50.8 Å². The minimum absolute atomic E-state index is 0.0338. The SMILES string of the molecule is CC(Nc1ccc2c(c1)OCO2)C(=O)N(C)Cc1ccccc1. The van der Waals surface area contributed by atoms with E-state index in [9.17, 15) is 4.79 Å². The van der Waals surface area contributed by atoms with E-state index < -0.39 is 0 Å². The summed E-state index contributed by atoms with van der Waals surface area (Å²) in [6.45, 7) is 2.69. The first-order valence-corrected chi connectivity index (χ1v) is 7.58. The maximum atomic E-state index is 12.5. The standard InChI is InChI=1S/C18H20N2O3/c1-13(18(21)20(2)11-14-6-4-3-5-7-14)19-15-8-9-16-17(10-15)23-12-22-16/h3-10,13,19H,11-12H2,1-2H3. The molecule has 0 bridgehead atoms. The van der Waals surface area contributed by atoms with E-state index in [1.54, 1.807) is 4.90 Å². The maximum absolute atomic E-state index is 12.5. The van der Waals surface area contributed by atoms with Crippen molar-refractivity contribution < 1.29 is 14.3 Å². The van der Waals surface area contributed by atoms with Gasteiger partial charge < -0.3 is 19.7 Å². The largest absolute Gasteiger partial charge is 0.454 e. The van der Waals surface area contributed by atoms with Gasteiger partial charge in [-0.3, -0.25) is 4.79 Å². The van der Waals surface area contributed by atoms with Gasteiger partial charge in [0, 0.05) is 25.3 Å². The second-order valence-electron chi connectivity index (χ2n) is 5.61. The Bertz CT molecular complexity index is 688. The van der Waals surface area contributed by atoms with Crippen LogP contribution in [0.15, 0.2) is 48.5 Å². The van der Waals surface area contributed by atoms with Crippen LogP contribution in [0.5, 0.6) is 11.5 Å². The molecule has 0 aliphatic carbocycles. The first kappa shape index (κ1) is 15.2. The first-order chi connectivity index (χ1) is 11.1. The maximum Gasteiger partial charge on any atom is 0.244 e. The lowest BCUT2D eigenvalue weighted by molar-refractivity contribution is -0.130. The van der Waals surface area contributed by atoms with Crippen molar-refractivity contribution in [3.05, 3.63) is 54.1 Å². The third kappa shape index (κ3) is 3.56. The fourth-order valence-corrected chi connectivity index (χ4v) is 2.56. The third-order valence-electron chi connectivity index (χ3n) is 3.76. The highest BCUT2D eigenvalue weighted by Crippen LogP contribution is 2.34. The number of benzene rings is 2.